The van der Waals surface area contributed by atoms with E-state index in [1.165, 1.54) is 45.2 Å². The minimum atomic E-state index is -2.42. The zero-order chi connectivity index (χ0) is 33.9. The van der Waals surface area contributed by atoms with E-state index in [2.05, 4.69) is 10.6 Å². The van der Waals surface area contributed by atoms with E-state index in [0.29, 0.717) is 6.42 Å². The van der Waals surface area contributed by atoms with Gasteiger partial charge in [-0.05, 0) is 25.0 Å². The molecular weight excluding hydrogens is 609 g/mol. The first-order chi connectivity index (χ1) is 21.0. The van der Waals surface area contributed by atoms with Gasteiger partial charge in [-0.25, -0.2) is 26.7 Å². The molecular formula is C30H34F5N3O7. The highest BCUT2D eigenvalue weighted by molar-refractivity contribution is 6.00. The Hall–Kier alpha value is -4.27. The number of ether oxygens (including phenoxy) is 1. The van der Waals surface area contributed by atoms with Crippen molar-refractivity contribution in [3.05, 3.63) is 64.5 Å². The number of esters is 1. The van der Waals surface area contributed by atoms with Gasteiger partial charge in [0.25, 0.3) is 5.91 Å². The quantitative estimate of drug-likeness (QED) is 0.164. The van der Waals surface area contributed by atoms with Crippen molar-refractivity contribution in [3.8, 4) is 5.75 Å². The number of phenolic OH excluding ortho intramolecular Hbond substituents is 1. The second kappa shape index (κ2) is 14.2. The fourth-order valence-corrected chi connectivity index (χ4v) is 5.13. The van der Waals surface area contributed by atoms with E-state index < -0.39 is 113 Å². The number of cyclic esters (lactones) is 1. The normalized spacial score (nSPS) is 25.5. The fourth-order valence-electron chi connectivity index (χ4n) is 5.13. The number of para-hydroxylation sites is 1. The minimum Gasteiger partial charge on any atom is -0.507 e. The van der Waals surface area contributed by atoms with Gasteiger partial charge < -0.3 is 30.5 Å². The predicted octanol–water partition coefficient (Wildman–Crippen LogP) is 2.73. The van der Waals surface area contributed by atoms with Crippen molar-refractivity contribution in [1.82, 2.24) is 15.5 Å². The number of nitrogens with one attached hydrogen (secondary N) is 2. The Morgan fingerprint density at radius 3 is 2.13 bits per heavy atom. The lowest BCUT2D eigenvalue weighted by Gasteiger charge is -2.38. The number of aliphatic hydroxyl groups excluding tert-OH is 1. The number of benzene rings is 2. The Bertz CT molecular complexity index is 1450. The van der Waals surface area contributed by atoms with Crippen LogP contribution in [0.3, 0.4) is 0 Å². The highest BCUT2D eigenvalue weighted by Gasteiger charge is 2.43. The summed E-state index contributed by atoms with van der Waals surface area (Å²) in [7, 11) is 1.26. The Labute approximate surface area is 255 Å². The summed E-state index contributed by atoms with van der Waals surface area (Å²) >= 11 is 0. The molecule has 2 aromatic rings. The average molecular weight is 644 g/mol. The second-order valence-electron chi connectivity index (χ2n) is 11.0. The number of amides is 3. The zero-order valence-electron chi connectivity index (χ0n) is 25.0. The molecule has 0 spiro atoms. The smallest absolute Gasteiger partial charge is 0.329 e. The van der Waals surface area contributed by atoms with Gasteiger partial charge >= 0.3 is 5.97 Å². The van der Waals surface area contributed by atoms with Crippen LogP contribution in [-0.2, 0) is 25.5 Å². The molecule has 45 heavy (non-hydrogen) atoms. The molecule has 246 valence electrons. The van der Waals surface area contributed by atoms with Crippen LogP contribution in [0.2, 0.25) is 0 Å². The summed E-state index contributed by atoms with van der Waals surface area (Å²) in [5.74, 6) is -17.8. The molecule has 0 aromatic heterocycles. The van der Waals surface area contributed by atoms with Gasteiger partial charge in [0.2, 0.25) is 17.6 Å². The first-order valence-corrected chi connectivity index (χ1v) is 14.1. The number of halogens is 5. The number of nitrogens with zero attached hydrogens (tertiary/aromatic N) is 1. The van der Waals surface area contributed by atoms with Gasteiger partial charge in [0, 0.05) is 19.0 Å². The van der Waals surface area contributed by atoms with Crippen molar-refractivity contribution in [2.24, 2.45) is 11.8 Å². The molecule has 2 aromatic carbocycles. The highest BCUT2D eigenvalue weighted by Crippen LogP contribution is 2.27. The Balaban J connectivity index is 2.15. The molecule has 3 rings (SSSR count). The second-order valence-corrected chi connectivity index (χ2v) is 11.0. The number of carbonyl (C=O) groups is 4. The molecule has 0 saturated carbocycles. The molecule has 4 N–H and O–H groups in total. The van der Waals surface area contributed by atoms with Crippen LogP contribution in [0, 0.1) is 40.9 Å². The Morgan fingerprint density at radius 2 is 1.58 bits per heavy atom. The van der Waals surface area contributed by atoms with Gasteiger partial charge in [-0.3, -0.25) is 14.4 Å². The number of hydrogen-bond donors (Lipinski definition) is 4. The summed E-state index contributed by atoms with van der Waals surface area (Å²) in [6.45, 7) is 5.79. The van der Waals surface area contributed by atoms with Crippen LogP contribution in [0.5, 0.6) is 5.75 Å². The summed E-state index contributed by atoms with van der Waals surface area (Å²) in [5.41, 5.74) is -1.65. The first-order valence-electron chi connectivity index (χ1n) is 14.1. The fraction of sp³-hybridized carbons (Fsp3) is 0.467. The minimum absolute atomic E-state index is 0.274. The van der Waals surface area contributed by atoms with E-state index in [9.17, 15) is 51.3 Å². The maximum absolute atomic E-state index is 14.7. The van der Waals surface area contributed by atoms with E-state index in [1.54, 1.807) is 13.8 Å². The zero-order valence-corrected chi connectivity index (χ0v) is 25.0. The summed E-state index contributed by atoms with van der Waals surface area (Å²) in [5, 5.41) is 25.9. The van der Waals surface area contributed by atoms with Crippen LogP contribution >= 0.6 is 0 Å². The molecule has 0 aliphatic carbocycles. The van der Waals surface area contributed by atoms with E-state index >= 15 is 0 Å². The molecule has 2 unspecified atom stereocenters. The summed E-state index contributed by atoms with van der Waals surface area (Å²) in [6, 6.07) is 0.378. The average Bonchev–Trinajstić information content (AvgIpc) is 3.01. The van der Waals surface area contributed by atoms with E-state index in [4.69, 9.17) is 4.74 Å². The largest absolute Gasteiger partial charge is 0.507 e. The van der Waals surface area contributed by atoms with Gasteiger partial charge in [-0.1, -0.05) is 39.3 Å². The number of phenols is 1. The molecule has 3 amide bonds. The third kappa shape index (κ3) is 7.18. The van der Waals surface area contributed by atoms with Crippen LogP contribution in [0.25, 0.3) is 0 Å². The predicted molar refractivity (Wildman–Crippen MR) is 148 cm³/mol. The maximum Gasteiger partial charge on any atom is 0.329 e. The SMILES string of the molecule is CCC(C)C1C(=O)O[C@H](C)[C@H](NC(=O)c2ccccc2O)C(=O)N[C@@H](Cc2c(F)c(F)c(F)c(F)c2F)[C@@H](O)[C@@H](C)C(=O)N1C. The van der Waals surface area contributed by atoms with Crippen molar-refractivity contribution in [2.75, 3.05) is 7.05 Å². The monoisotopic (exact) mass is 643 g/mol. The Kier molecular flexibility index (Phi) is 11.1. The standard InChI is InChI=1S/C30H34F5N3O7/c1-6-12(2)25-30(44)45-14(4)24(37-27(41)15-9-7-8-10-18(15)39)28(42)36-17(26(40)13(3)29(43)38(25)5)11-16-19(31)21(33)23(35)22(34)20(16)32/h7-10,12-14,17,24-26,39-40H,6,11H2,1-5H3,(H,36,42)(H,37,41)/t12?,13-,14-,17+,24+,25?,26+/m1/s1. The molecule has 10 nitrogen and oxygen atoms in total. The van der Waals surface area contributed by atoms with Crippen LogP contribution < -0.4 is 10.6 Å². The van der Waals surface area contributed by atoms with Crippen LogP contribution in [0.4, 0.5) is 22.0 Å². The van der Waals surface area contributed by atoms with Crippen LogP contribution in [0.15, 0.2) is 24.3 Å². The summed E-state index contributed by atoms with van der Waals surface area (Å²) in [6.07, 6.45) is -4.29. The molecule has 0 radical (unpaired) electrons. The topological polar surface area (TPSA) is 145 Å². The summed E-state index contributed by atoms with van der Waals surface area (Å²) in [4.78, 5) is 54.5. The Morgan fingerprint density at radius 1 is 1.02 bits per heavy atom. The van der Waals surface area contributed by atoms with Gasteiger partial charge in [0.15, 0.2) is 23.3 Å². The molecule has 1 saturated heterocycles. The number of rotatable bonds is 6. The van der Waals surface area contributed by atoms with E-state index in [1.807, 2.05) is 0 Å². The molecule has 1 aliphatic rings. The van der Waals surface area contributed by atoms with Gasteiger partial charge in [-0.2, -0.15) is 0 Å². The van der Waals surface area contributed by atoms with Gasteiger partial charge in [-0.15, -0.1) is 0 Å². The number of carbonyl (C=O) groups excluding carboxylic acids is 4. The van der Waals surface area contributed by atoms with Crippen LogP contribution in [-0.4, -0.2) is 76.2 Å². The number of aliphatic hydroxyl groups is 1. The maximum atomic E-state index is 14.7. The highest BCUT2D eigenvalue weighted by atomic mass is 19.2. The molecule has 1 heterocycles. The molecule has 0 bridgehead atoms. The first kappa shape index (κ1) is 35.2. The van der Waals surface area contributed by atoms with Gasteiger partial charge in [0.05, 0.1) is 23.6 Å². The summed E-state index contributed by atoms with van der Waals surface area (Å²) < 4.78 is 76.7. The molecule has 15 heteroatoms. The van der Waals surface area contributed by atoms with Crippen LogP contribution in [0.1, 0.15) is 50.0 Å². The molecule has 7 atom stereocenters. The van der Waals surface area contributed by atoms with Crippen molar-refractivity contribution in [2.45, 2.75) is 70.9 Å². The third-order valence-electron chi connectivity index (χ3n) is 8.05. The number of likely N-dealkylation sites (N-methyl/N-ethyl adjacent to an activating group) is 1. The third-order valence-corrected chi connectivity index (χ3v) is 8.05. The van der Waals surface area contributed by atoms with E-state index in [0.717, 1.165) is 4.90 Å². The molecule has 1 aliphatic heterocycles. The number of aromatic hydroxyl groups is 1. The van der Waals surface area contributed by atoms with E-state index in [-0.39, 0.29) is 5.56 Å². The van der Waals surface area contributed by atoms with Crippen molar-refractivity contribution < 1.29 is 56.1 Å². The lowest BCUT2D eigenvalue weighted by molar-refractivity contribution is -0.165. The van der Waals surface area contributed by atoms with Crippen molar-refractivity contribution >= 4 is 23.7 Å². The van der Waals surface area contributed by atoms with Crippen molar-refractivity contribution in [1.29, 1.82) is 0 Å². The van der Waals surface area contributed by atoms with Gasteiger partial charge in [0.1, 0.15) is 23.9 Å². The lowest BCUT2D eigenvalue weighted by Crippen LogP contribution is -2.61. The molecule has 1 fully saturated rings. The lowest BCUT2D eigenvalue weighted by atomic mass is 9.89. The number of hydrogen-bond acceptors (Lipinski definition) is 7. The van der Waals surface area contributed by atoms with Crippen molar-refractivity contribution in [3.63, 3.8) is 0 Å².